The normalized spacial score (nSPS) is 12.2. The minimum atomic E-state index is -0.118. The van der Waals surface area contributed by atoms with Crippen LogP contribution in [0.25, 0.3) is 6.08 Å². The molecule has 0 saturated heterocycles. The van der Waals surface area contributed by atoms with Gasteiger partial charge in [0.2, 0.25) is 5.91 Å². The number of nitrogens with zero attached hydrogens (tertiary/aromatic N) is 2. The van der Waals surface area contributed by atoms with Crippen LogP contribution in [-0.2, 0) is 11.3 Å². The predicted molar refractivity (Wildman–Crippen MR) is 99.8 cm³/mol. The molecule has 25 heavy (non-hydrogen) atoms. The number of hydrogen-bond acceptors (Lipinski definition) is 2. The quantitative estimate of drug-likeness (QED) is 0.698. The zero-order valence-electron chi connectivity index (χ0n) is 14.2. The SMILES string of the molecule is C[C@H](NC(=O)/C=C/c1cnn(Cc2ccccc2)c1)c1ccccc1. The molecule has 4 nitrogen and oxygen atoms in total. The van der Waals surface area contributed by atoms with E-state index in [1.807, 2.05) is 66.3 Å². The lowest BCUT2D eigenvalue weighted by molar-refractivity contribution is -0.117. The molecule has 0 aliphatic rings. The summed E-state index contributed by atoms with van der Waals surface area (Å²) < 4.78 is 1.86. The van der Waals surface area contributed by atoms with E-state index >= 15 is 0 Å². The van der Waals surface area contributed by atoms with Crippen LogP contribution in [-0.4, -0.2) is 15.7 Å². The highest BCUT2D eigenvalue weighted by Gasteiger charge is 2.06. The fraction of sp³-hybridized carbons (Fsp3) is 0.143. The van der Waals surface area contributed by atoms with Crippen LogP contribution >= 0.6 is 0 Å². The van der Waals surface area contributed by atoms with E-state index in [1.165, 1.54) is 5.56 Å². The van der Waals surface area contributed by atoms with Gasteiger partial charge in [0.05, 0.1) is 18.8 Å². The van der Waals surface area contributed by atoms with Gasteiger partial charge in [-0.1, -0.05) is 60.7 Å². The van der Waals surface area contributed by atoms with Crippen LogP contribution in [0.4, 0.5) is 0 Å². The van der Waals surface area contributed by atoms with E-state index in [-0.39, 0.29) is 11.9 Å². The topological polar surface area (TPSA) is 46.9 Å². The van der Waals surface area contributed by atoms with E-state index in [0.717, 1.165) is 11.1 Å². The molecule has 1 N–H and O–H groups in total. The molecule has 0 aliphatic carbocycles. The number of rotatable bonds is 6. The molecule has 3 rings (SSSR count). The Labute approximate surface area is 147 Å². The Morgan fingerprint density at radius 3 is 2.52 bits per heavy atom. The van der Waals surface area contributed by atoms with Gasteiger partial charge in [0.15, 0.2) is 0 Å². The third kappa shape index (κ3) is 4.91. The minimum absolute atomic E-state index is 0.0286. The van der Waals surface area contributed by atoms with Crippen LogP contribution in [0.5, 0.6) is 0 Å². The van der Waals surface area contributed by atoms with E-state index in [4.69, 9.17) is 0 Å². The molecular weight excluding hydrogens is 310 g/mol. The van der Waals surface area contributed by atoms with Gasteiger partial charge in [0, 0.05) is 17.8 Å². The summed E-state index contributed by atoms with van der Waals surface area (Å²) in [5.74, 6) is -0.118. The zero-order chi connectivity index (χ0) is 17.5. The largest absolute Gasteiger partial charge is 0.346 e. The maximum atomic E-state index is 12.1. The first-order valence-corrected chi connectivity index (χ1v) is 8.30. The number of hydrogen-bond donors (Lipinski definition) is 1. The molecule has 126 valence electrons. The molecule has 3 aromatic rings. The monoisotopic (exact) mass is 331 g/mol. The summed E-state index contributed by atoms with van der Waals surface area (Å²) in [5, 5.41) is 7.29. The summed E-state index contributed by atoms with van der Waals surface area (Å²) in [6.45, 7) is 2.69. The molecule has 0 aliphatic heterocycles. The van der Waals surface area contributed by atoms with Crippen molar-refractivity contribution in [1.82, 2.24) is 15.1 Å². The van der Waals surface area contributed by atoms with Gasteiger partial charge in [0.25, 0.3) is 0 Å². The first-order valence-electron chi connectivity index (χ1n) is 8.30. The van der Waals surface area contributed by atoms with Crippen molar-refractivity contribution >= 4 is 12.0 Å². The molecule has 0 bridgehead atoms. The second-order valence-corrected chi connectivity index (χ2v) is 5.93. The van der Waals surface area contributed by atoms with E-state index < -0.39 is 0 Å². The summed E-state index contributed by atoms with van der Waals surface area (Å²) in [4.78, 5) is 12.1. The number of nitrogens with one attached hydrogen (secondary N) is 1. The van der Waals surface area contributed by atoms with Gasteiger partial charge in [-0.2, -0.15) is 5.10 Å². The fourth-order valence-corrected chi connectivity index (χ4v) is 2.58. The smallest absolute Gasteiger partial charge is 0.244 e. The van der Waals surface area contributed by atoms with Crippen molar-refractivity contribution in [1.29, 1.82) is 0 Å². The van der Waals surface area contributed by atoms with Crippen molar-refractivity contribution < 1.29 is 4.79 Å². The van der Waals surface area contributed by atoms with Crippen LogP contribution < -0.4 is 5.32 Å². The summed E-state index contributed by atoms with van der Waals surface area (Å²) >= 11 is 0. The van der Waals surface area contributed by atoms with Crippen molar-refractivity contribution in [2.24, 2.45) is 0 Å². The molecule has 0 radical (unpaired) electrons. The molecule has 0 fully saturated rings. The van der Waals surface area contributed by atoms with Gasteiger partial charge in [-0.05, 0) is 24.1 Å². The van der Waals surface area contributed by atoms with Crippen molar-refractivity contribution in [3.63, 3.8) is 0 Å². The Hall–Kier alpha value is -3.14. The van der Waals surface area contributed by atoms with Gasteiger partial charge in [-0.3, -0.25) is 9.48 Å². The lowest BCUT2D eigenvalue weighted by atomic mass is 10.1. The Morgan fingerprint density at radius 2 is 1.80 bits per heavy atom. The third-order valence-corrected chi connectivity index (χ3v) is 3.93. The van der Waals surface area contributed by atoms with Gasteiger partial charge in [0.1, 0.15) is 0 Å². The predicted octanol–water partition coefficient (Wildman–Crippen LogP) is 3.82. The molecular formula is C21H21N3O. The van der Waals surface area contributed by atoms with E-state index in [2.05, 4.69) is 22.5 Å². The zero-order valence-corrected chi connectivity index (χ0v) is 14.2. The first kappa shape index (κ1) is 16.7. The molecule has 1 heterocycles. The second kappa shape index (κ2) is 8.11. The minimum Gasteiger partial charge on any atom is -0.346 e. The number of benzene rings is 2. The maximum absolute atomic E-state index is 12.1. The van der Waals surface area contributed by atoms with Crippen molar-refractivity contribution in [3.05, 3.63) is 95.8 Å². The van der Waals surface area contributed by atoms with Crippen LogP contribution in [0, 0.1) is 0 Å². The number of carbonyl (C=O) groups is 1. The number of carbonyl (C=O) groups excluding carboxylic acids is 1. The van der Waals surface area contributed by atoms with Gasteiger partial charge < -0.3 is 5.32 Å². The molecule has 0 unspecified atom stereocenters. The van der Waals surface area contributed by atoms with Crippen molar-refractivity contribution in [2.45, 2.75) is 19.5 Å². The molecule has 1 aromatic heterocycles. The number of aromatic nitrogens is 2. The third-order valence-electron chi connectivity index (χ3n) is 3.93. The highest BCUT2D eigenvalue weighted by atomic mass is 16.1. The Kier molecular flexibility index (Phi) is 5.42. The maximum Gasteiger partial charge on any atom is 0.244 e. The summed E-state index contributed by atoms with van der Waals surface area (Å²) in [5.41, 5.74) is 3.17. The molecule has 1 atom stereocenters. The van der Waals surface area contributed by atoms with E-state index in [1.54, 1.807) is 18.3 Å². The molecule has 4 heteroatoms. The van der Waals surface area contributed by atoms with Crippen LogP contribution in [0.1, 0.15) is 29.7 Å². The molecule has 0 spiro atoms. The van der Waals surface area contributed by atoms with Crippen molar-refractivity contribution in [2.75, 3.05) is 0 Å². The second-order valence-electron chi connectivity index (χ2n) is 5.93. The molecule has 2 aromatic carbocycles. The highest BCUT2D eigenvalue weighted by Crippen LogP contribution is 2.11. The standard InChI is InChI=1S/C21H21N3O/c1-17(20-10-6-3-7-11-20)23-21(25)13-12-19-14-22-24(16-19)15-18-8-4-2-5-9-18/h2-14,16-17H,15H2,1H3,(H,23,25)/b13-12+/t17-/m0/s1. The Balaban J connectivity index is 1.56. The van der Waals surface area contributed by atoms with Gasteiger partial charge >= 0.3 is 0 Å². The van der Waals surface area contributed by atoms with Gasteiger partial charge in [-0.25, -0.2) is 0 Å². The molecule has 0 saturated carbocycles. The van der Waals surface area contributed by atoms with Gasteiger partial charge in [-0.15, -0.1) is 0 Å². The highest BCUT2D eigenvalue weighted by molar-refractivity contribution is 5.91. The van der Waals surface area contributed by atoms with E-state index in [0.29, 0.717) is 6.54 Å². The lowest BCUT2D eigenvalue weighted by Crippen LogP contribution is -2.24. The first-order chi connectivity index (χ1) is 12.2. The Morgan fingerprint density at radius 1 is 1.12 bits per heavy atom. The fourth-order valence-electron chi connectivity index (χ4n) is 2.58. The van der Waals surface area contributed by atoms with Crippen LogP contribution in [0.15, 0.2) is 79.1 Å². The number of amides is 1. The summed E-state index contributed by atoms with van der Waals surface area (Å²) in [6.07, 6.45) is 7.01. The Bertz CT molecular complexity index is 838. The average molecular weight is 331 g/mol. The summed E-state index contributed by atoms with van der Waals surface area (Å²) in [7, 11) is 0. The van der Waals surface area contributed by atoms with Crippen LogP contribution in [0.3, 0.4) is 0 Å². The average Bonchev–Trinajstić information content (AvgIpc) is 3.09. The lowest BCUT2D eigenvalue weighted by Gasteiger charge is -2.12. The molecule has 1 amide bonds. The van der Waals surface area contributed by atoms with E-state index in [9.17, 15) is 4.79 Å². The van der Waals surface area contributed by atoms with Crippen molar-refractivity contribution in [3.8, 4) is 0 Å². The summed E-state index contributed by atoms with van der Waals surface area (Å²) in [6, 6.07) is 20.0. The van der Waals surface area contributed by atoms with Crippen LogP contribution in [0.2, 0.25) is 0 Å².